The van der Waals surface area contributed by atoms with Gasteiger partial charge in [0.15, 0.2) is 0 Å². The third-order valence-corrected chi connectivity index (χ3v) is 6.42. The maximum atomic E-state index is 12.0. The third-order valence-electron chi connectivity index (χ3n) is 5.37. The number of hydrogen-bond acceptors (Lipinski definition) is 6. The molecule has 2 N–H and O–H groups in total. The molecular formula is C21H25N5O2S. The van der Waals surface area contributed by atoms with E-state index in [9.17, 15) is 9.59 Å². The van der Waals surface area contributed by atoms with E-state index in [0.717, 1.165) is 60.6 Å². The zero-order valence-electron chi connectivity index (χ0n) is 16.7. The van der Waals surface area contributed by atoms with Gasteiger partial charge in [-0.15, -0.1) is 11.3 Å². The average molecular weight is 412 g/mol. The van der Waals surface area contributed by atoms with Gasteiger partial charge in [-0.05, 0) is 30.7 Å². The quantitative estimate of drug-likeness (QED) is 0.673. The molecule has 1 aliphatic rings. The first kappa shape index (κ1) is 19.6. The summed E-state index contributed by atoms with van der Waals surface area (Å²) in [6.07, 6.45) is 2.52. The summed E-state index contributed by atoms with van der Waals surface area (Å²) in [6.45, 7) is 6.66. The SMILES string of the molecule is CCc1cc2cc(CN3CCN(c4ccc(C(=O)NC)nc4)CC3)sc2[nH]c1=O. The minimum Gasteiger partial charge on any atom is -0.368 e. The van der Waals surface area contributed by atoms with Crippen LogP contribution in [0.2, 0.25) is 0 Å². The molecule has 8 heteroatoms. The van der Waals surface area contributed by atoms with Crippen molar-refractivity contribution in [1.82, 2.24) is 20.2 Å². The van der Waals surface area contributed by atoms with Crippen LogP contribution in [0.5, 0.6) is 0 Å². The highest BCUT2D eigenvalue weighted by atomic mass is 32.1. The molecule has 1 amide bonds. The van der Waals surface area contributed by atoms with Crippen molar-refractivity contribution in [3.05, 3.63) is 57.0 Å². The zero-order chi connectivity index (χ0) is 20.4. The van der Waals surface area contributed by atoms with Crippen LogP contribution < -0.4 is 15.8 Å². The summed E-state index contributed by atoms with van der Waals surface area (Å²) in [5.41, 5.74) is 2.34. The zero-order valence-corrected chi connectivity index (χ0v) is 17.5. The number of hydrogen-bond donors (Lipinski definition) is 2. The average Bonchev–Trinajstić information content (AvgIpc) is 3.14. The minimum absolute atomic E-state index is 0.0260. The second-order valence-electron chi connectivity index (χ2n) is 7.22. The number of aryl methyl sites for hydroxylation is 1. The van der Waals surface area contributed by atoms with Crippen LogP contribution in [0.4, 0.5) is 5.69 Å². The molecule has 4 rings (SSSR count). The van der Waals surface area contributed by atoms with E-state index in [0.29, 0.717) is 5.69 Å². The number of anilines is 1. The molecule has 0 radical (unpaired) electrons. The molecule has 7 nitrogen and oxygen atoms in total. The standard InChI is InChI=1S/C21H25N5O2S/c1-3-14-10-15-11-17(29-21(15)24-19(14)27)13-25-6-8-26(9-7-25)16-4-5-18(23-12-16)20(28)22-2/h4-5,10-12H,3,6-9,13H2,1-2H3,(H,22,28)(H,24,27). The monoisotopic (exact) mass is 411 g/mol. The second-order valence-corrected chi connectivity index (χ2v) is 8.36. The maximum Gasteiger partial charge on any atom is 0.269 e. The van der Waals surface area contributed by atoms with Crippen LogP contribution in [0, 0.1) is 0 Å². The van der Waals surface area contributed by atoms with E-state index in [1.54, 1.807) is 30.6 Å². The summed E-state index contributed by atoms with van der Waals surface area (Å²) < 4.78 is 0. The molecule has 0 atom stereocenters. The number of nitrogens with zero attached hydrogens (tertiary/aromatic N) is 3. The Balaban J connectivity index is 1.38. The highest BCUT2D eigenvalue weighted by molar-refractivity contribution is 7.18. The van der Waals surface area contributed by atoms with Gasteiger partial charge in [-0.3, -0.25) is 14.5 Å². The lowest BCUT2D eigenvalue weighted by atomic mass is 10.2. The molecule has 0 aliphatic carbocycles. The Morgan fingerprint density at radius 1 is 1.24 bits per heavy atom. The van der Waals surface area contributed by atoms with Gasteiger partial charge in [-0.1, -0.05) is 6.92 Å². The van der Waals surface area contributed by atoms with E-state index in [4.69, 9.17) is 0 Å². The largest absolute Gasteiger partial charge is 0.368 e. The first-order valence-electron chi connectivity index (χ1n) is 9.87. The number of aromatic amines is 1. The summed E-state index contributed by atoms with van der Waals surface area (Å²) in [7, 11) is 1.61. The Hall–Kier alpha value is -2.71. The molecule has 3 aromatic heterocycles. The van der Waals surface area contributed by atoms with Crippen LogP contribution in [-0.4, -0.2) is 54.0 Å². The molecular weight excluding hydrogens is 386 g/mol. The van der Waals surface area contributed by atoms with Crippen molar-refractivity contribution in [2.45, 2.75) is 19.9 Å². The van der Waals surface area contributed by atoms with E-state index >= 15 is 0 Å². The Labute approximate surface area is 173 Å². The lowest BCUT2D eigenvalue weighted by molar-refractivity contribution is 0.0958. The molecule has 4 heterocycles. The second kappa shape index (κ2) is 8.34. The van der Waals surface area contributed by atoms with Gasteiger partial charge in [0.25, 0.3) is 11.5 Å². The third kappa shape index (κ3) is 4.18. The van der Waals surface area contributed by atoms with E-state index in [2.05, 4.69) is 31.2 Å². The normalized spacial score (nSPS) is 15.0. The fourth-order valence-electron chi connectivity index (χ4n) is 3.66. The number of aromatic nitrogens is 2. The molecule has 0 aromatic carbocycles. The van der Waals surface area contributed by atoms with E-state index in [-0.39, 0.29) is 11.5 Å². The number of thiophene rings is 1. The summed E-state index contributed by atoms with van der Waals surface area (Å²) >= 11 is 1.67. The topological polar surface area (TPSA) is 81.3 Å². The van der Waals surface area contributed by atoms with E-state index in [1.165, 1.54) is 4.88 Å². The number of rotatable bonds is 5. The Kier molecular flexibility index (Phi) is 5.64. The molecule has 0 bridgehead atoms. The number of carbonyl (C=O) groups is 1. The van der Waals surface area contributed by atoms with E-state index < -0.39 is 0 Å². The maximum absolute atomic E-state index is 12.0. The van der Waals surface area contributed by atoms with Crippen LogP contribution in [0.3, 0.4) is 0 Å². The highest BCUT2D eigenvalue weighted by Gasteiger charge is 2.19. The predicted octanol–water partition coefficient (Wildman–Crippen LogP) is 2.23. The summed E-state index contributed by atoms with van der Waals surface area (Å²) in [5, 5.41) is 3.72. The molecule has 152 valence electrons. The number of nitrogens with one attached hydrogen (secondary N) is 2. The van der Waals surface area contributed by atoms with Crippen molar-refractivity contribution < 1.29 is 4.79 Å². The van der Waals surface area contributed by atoms with Crippen molar-refractivity contribution in [3.8, 4) is 0 Å². The summed E-state index contributed by atoms with van der Waals surface area (Å²) in [4.78, 5) is 37.9. The van der Waals surface area contributed by atoms with Gasteiger partial charge in [-0.25, -0.2) is 4.98 Å². The number of piperazine rings is 1. The molecule has 1 saturated heterocycles. The molecule has 1 aliphatic heterocycles. The fourth-order valence-corrected chi connectivity index (χ4v) is 4.74. The van der Waals surface area contributed by atoms with Crippen LogP contribution in [-0.2, 0) is 13.0 Å². The summed E-state index contributed by atoms with van der Waals surface area (Å²) in [6, 6.07) is 7.94. The van der Waals surface area contributed by atoms with Crippen molar-refractivity contribution in [1.29, 1.82) is 0 Å². The molecule has 0 spiro atoms. The Morgan fingerprint density at radius 2 is 2.03 bits per heavy atom. The lowest BCUT2D eigenvalue weighted by Gasteiger charge is -2.35. The molecule has 29 heavy (non-hydrogen) atoms. The van der Waals surface area contributed by atoms with Crippen LogP contribution >= 0.6 is 11.3 Å². The van der Waals surface area contributed by atoms with Crippen molar-refractivity contribution in [2.24, 2.45) is 0 Å². The highest BCUT2D eigenvalue weighted by Crippen LogP contribution is 2.25. The fraction of sp³-hybridized carbons (Fsp3) is 0.381. The first-order valence-corrected chi connectivity index (χ1v) is 10.7. The number of amides is 1. The number of carbonyl (C=O) groups excluding carboxylic acids is 1. The van der Waals surface area contributed by atoms with Gasteiger partial charge in [0.1, 0.15) is 10.5 Å². The van der Waals surface area contributed by atoms with E-state index in [1.807, 2.05) is 19.1 Å². The van der Waals surface area contributed by atoms with Gasteiger partial charge >= 0.3 is 0 Å². The Morgan fingerprint density at radius 3 is 2.69 bits per heavy atom. The first-order chi connectivity index (χ1) is 14.1. The molecule has 0 unspecified atom stereocenters. The molecule has 3 aromatic rings. The number of pyridine rings is 2. The van der Waals surface area contributed by atoms with Crippen LogP contribution in [0.25, 0.3) is 10.2 Å². The van der Waals surface area contributed by atoms with Gasteiger partial charge in [0.05, 0.1) is 11.9 Å². The van der Waals surface area contributed by atoms with Crippen LogP contribution in [0.15, 0.2) is 35.3 Å². The molecule has 0 saturated carbocycles. The lowest BCUT2D eigenvalue weighted by Crippen LogP contribution is -2.45. The minimum atomic E-state index is -0.169. The van der Waals surface area contributed by atoms with Crippen LogP contribution in [0.1, 0.15) is 27.9 Å². The van der Waals surface area contributed by atoms with Gasteiger partial charge in [0.2, 0.25) is 0 Å². The van der Waals surface area contributed by atoms with Gasteiger partial charge in [-0.2, -0.15) is 0 Å². The predicted molar refractivity (Wildman–Crippen MR) is 117 cm³/mol. The number of fused-ring (bicyclic) bond motifs is 1. The van der Waals surface area contributed by atoms with Crippen molar-refractivity contribution in [3.63, 3.8) is 0 Å². The Bertz CT molecular complexity index is 1060. The van der Waals surface area contributed by atoms with Crippen molar-refractivity contribution in [2.75, 3.05) is 38.1 Å². The molecule has 1 fully saturated rings. The van der Waals surface area contributed by atoms with Gasteiger partial charge < -0.3 is 15.2 Å². The van der Waals surface area contributed by atoms with Gasteiger partial charge in [0, 0.05) is 55.6 Å². The smallest absolute Gasteiger partial charge is 0.269 e. The van der Waals surface area contributed by atoms with Crippen molar-refractivity contribution >= 4 is 33.1 Å². The number of H-pyrrole nitrogens is 1. The summed E-state index contributed by atoms with van der Waals surface area (Å²) in [5.74, 6) is -0.169.